The molecule has 0 fully saturated rings. The minimum atomic E-state index is 0.441. The van der Waals surface area contributed by atoms with Crippen LogP contribution in [0.15, 0.2) is 30.3 Å². The van der Waals surface area contributed by atoms with E-state index in [2.05, 4.69) is 16.4 Å². The van der Waals surface area contributed by atoms with Crippen molar-refractivity contribution < 1.29 is 0 Å². The number of nitrogens with one attached hydrogen (secondary N) is 1. The first kappa shape index (κ1) is 12.7. The van der Waals surface area contributed by atoms with E-state index in [-0.39, 0.29) is 0 Å². The zero-order valence-electron chi connectivity index (χ0n) is 9.54. The molecule has 0 aliphatic heterocycles. The van der Waals surface area contributed by atoms with Crippen LogP contribution in [0.2, 0.25) is 10.0 Å². The molecule has 18 heavy (non-hydrogen) atoms. The van der Waals surface area contributed by atoms with E-state index in [9.17, 15) is 0 Å². The van der Waals surface area contributed by atoms with Crippen LogP contribution in [0.1, 0.15) is 11.3 Å². The fraction of sp³-hybridized carbons (Fsp3) is 0.0769. The van der Waals surface area contributed by atoms with Gasteiger partial charge in [-0.2, -0.15) is 5.26 Å². The molecular weight excluding hydrogens is 269 g/mol. The van der Waals surface area contributed by atoms with Crippen molar-refractivity contribution in [3.63, 3.8) is 0 Å². The number of benzene rings is 1. The molecule has 90 valence electrons. The fourth-order valence-corrected chi connectivity index (χ4v) is 1.97. The Morgan fingerprint density at radius 1 is 1.17 bits per heavy atom. The quantitative estimate of drug-likeness (QED) is 0.890. The zero-order valence-corrected chi connectivity index (χ0v) is 11.0. The summed E-state index contributed by atoms with van der Waals surface area (Å²) in [6.45, 7) is 1.85. The summed E-state index contributed by atoms with van der Waals surface area (Å²) in [5, 5.41) is 13.0. The molecular formula is C13H9Cl2N3. The number of aromatic nitrogens is 1. The number of pyridine rings is 1. The summed E-state index contributed by atoms with van der Waals surface area (Å²) in [5.74, 6) is 0.451. The highest BCUT2D eigenvalue weighted by atomic mass is 35.5. The predicted molar refractivity (Wildman–Crippen MR) is 73.4 cm³/mol. The van der Waals surface area contributed by atoms with E-state index >= 15 is 0 Å². The number of halogens is 2. The van der Waals surface area contributed by atoms with E-state index in [1.54, 1.807) is 30.3 Å². The summed E-state index contributed by atoms with van der Waals surface area (Å²) in [5.41, 5.74) is 1.80. The summed E-state index contributed by atoms with van der Waals surface area (Å²) >= 11 is 12.1. The lowest BCUT2D eigenvalue weighted by Crippen LogP contribution is -1.99. The molecule has 0 saturated carbocycles. The predicted octanol–water partition coefficient (Wildman–Crippen LogP) is 4.31. The standard InChI is InChI=1S/C13H9Cl2N3/c1-8-5-6-9(7-16)13(17-8)18-12-10(14)3-2-4-11(12)15/h2-6H,1H3,(H,17,18). The monoisotopic (exact) mass is 277 g/mol. The average Bonchev–Trinajstić information content (AvgIpc) is 2.34. The molecule has 0 aliphatic rings. The summed E-state index contributed by atoms with van der Waals surface area (Å²) in [6, 6.07) is 10.7. The number of nitriles is 1. The molecule has 2 aromatic rings. The minimum Gasteiger partial charge on any atom is -0.337 e. The van der Waals surface area contributed by atoms with Gasteiger partial charge in [-0.05, 0) is 31.2 Å². The third-order valence-electron chi connectivity index (χ3n) is 2.36. The van der Waals surface area contributed by atoms with E-state index < -0.39 is 0 Å². The van der Waals surface area contributed by atoms with Crippen LogP contribution >= 0.6 is 23.2 Å². The smallest absolute Gasteiger partial charge is 0.148 e. The van der Waals surface area contributed by atoms with Crippen molar-refractivity contribution in [3.8, 4) is 6.07 Å². The van der Waals surface area contributed by atoms with Gasteiger partial charge in [0.15, 0.2) is 0 Å². The Labute approximate surface area is 115 Å². The van der Waals surface area contributed by atoms with Gasteiger partial charge in [0.2, 0.25) is 0 Å². The van der Waals surface area contributed by atoms with E-state index in [4.69, 9.17) is 28.5 Å². The van der Waals surface area contributed by atoms with Gasteiger partial charge in [0.25, 0.3) is 0 Å². The average molecular weight is 278 g/mol. The number of nitrogens with zero attached hydrogens (tertiary/aromatic N) is 2. The lowest BCUT2D eigenvalue weighted by Gasteiger charge is -2.11. The van der Waals surface area contributed by atoms with E-state index in [1.807, 2.05) is 6.92 Å². The highest BCUT2D eigenvalue weighted by Gasteiger charge is 2.09. The molecule has 0 spiro atoms. The molecule has 0 saturated heterocycles. The second-order valence-corrected chi connectivity index (χ2v) is 4.50. The molecule has 0 bridgehead atoms. The highest BCUT2D eigenvalue weighted by molar-refractivity contribution is 6.39. The SMILES string of the molecule is Cc1ccc(C#N)c(Nc2c(Cl)cccc2Cl)n1. The van der Waals surface area contributed by atoms with Crippen molar-refractivity contribution >= 4 is 34.7 Å². The Morgan fingerprint density at radius 3 is 2.44 bits per heavy atom. The van der Waals surface area contributed by atoms with Crippen LogP contribution in [0.25, 0.3) is 0 Å². The van der Waals surface area contributed by atoms with E-state index in [1.165, 1.54) is 0 Å². The van der Waals surface area contributed by atoms with Crippen molar-refractivity contribution in [3.05, 3.63) is 51.6 Å². The van der Waals surface area contributed by atoms with Gasteiger partial charge < -0.3 is 5.32 Å². The van der Waals surface area contributed by atoms with Crippen LogP contribution in [-0.4, -0.2) is 4.98 Å². The second-order valence-electron chi connectivity index (χ2n) is 3.68. The Morgan fingerprint density at radius 2 is 1.83 bits per heavy atom. The molecule has 1 heterocycles. The zero-order chi connectivity index (χ0) is 13.1. The topological polar surface area (TPSA) is 48.7 Å². The number of anilines is 2. The molecule has 1 aromatic heterocycles. The Balaban J connectivity index is 2.46. The van der Waals surface area contributed by atoms with Gasteiger partial charge in [-0.3, -0.25) is 0 Å². The largest absolute Gasteiger partial charge is 0.337 e. The third-order valence-corrected chi connectivity index (χ3v) is 2.99. The van der Waals surface area contributed by atoms with Crippen LogP contribution < -0.4 is 5.32 Å². The Hall–Kier alpha value is -1.76. The van der Waals surface area contributed by atoms with Gasteiger partial charge in [-0.25, -0.2) is 4.98 Å². The minimum absolute atomic E-state index is 0.441. The van der Waals surface area contributed by atoms with Crippen LogP contribution in [0.3, 0.4) is 0 Å². The number of rotatable bonds is 2. The summed E-state index contributed by atoms with van der Waals surface area (Å²) in [6.07, 6.45) is 0. The van der Waals surface area contributed by atoms with Gasteiger partial charge in [0, 0.05) is 5.69 Å². The van der Waals surface area contributed by atoms with E-state index in [0.717, 1.165) is 5.69 Å². The number of hydrogen-bond acceptors (Lipinski definition) is 3. The normalized spacial score (nSPS) is 9.89. The first-order valence-corrected chi connectivity index (χ1v) is 5.96. The van der Waals surface area contributed by atoms with Crippen LogP contribution in [0.4, 0.5) is 11.5 Å². The summed E-state index contributed by atoms with van der Waals surface area (Å²) in [4.78, 5) is 4.27. The lowest BCUT2D eigenvalue weighted by atomic mass is 10.2. The molecule has 0 atom stereocenters. The Bertz CT molecular complexity index is 612. The number of para-hydroxylation sites is 1. The molecule has 0 unspecified atom stereocenters. The molecule has 0 radical (unpaired) electrons. The third kappa shape index (κ3) is 2.56. The molecule has 0 aliphatic carbocycles. The van der Waals surface area contributed by atoms with Crippen LogP contribution in [0, 0.1) is 18.3 Å². The van der Waals surface area contributed by atoms with Crippen molar-refractivity contribution in [1.82, 2.24) is 4.98 Å². The van der Waals surface area contributed by atoms with Gasteiger partial charge >= 0.3 is 0 Å². The highest BCUT2D eigenvalue weighted by Crippen LogP contribution is 2.32. The first-order chi connectivity index (χ1) is 8.61. The molecule has 3 nitrogen and oxygen atoms in total. The van der Waals surface area contributed by atoms with Gasteiger partial charge in [0.1, 0.15) is 11.9 Å². The second kappa shape index (κ2) is 5.26. The molecule has 1 aromatic carbocycles. The molecule has 0 amide bonds. The van der Waals surface area contributed by atoms with Crippen molar-refractivity contribution in [2.24, 2.45) is 0 Å². The van der Waals surface area contributed by atoms with Crippen molar-refractivity contribution in [2.75, 3.05) is 5.32 Å². The fourth-order valence-electron chi connectivity index (χ4n) is 1.48. The molecule has 1 N–H and O–H groups in total. The first-order valence-electron chi connectivity index (χ1n) is 5.20. The molecule has 2 rings (SSSR count). The maximum absolute atomic E-state index is 9.03. The lowest BCUT2D eigenvalue weighted by molar-refractivity contribution is 1.19. The maximum Gasteiger partial charge on any atom is 0.148 e. The van der Waals surface area contributed by atoms with Crippen LogP contribution in [0.5, 0.6) is 0 Å². The number of aryl methyl sites for hydroxylation is 1. The van der Waals surface area contributed by atoms with Crippen LogP contribution in [-0.2, 0) is 0 Å². The molecule has 5 heteroatoms. The number of hydrogen-bond donors (Lipinski definition) is 1. The Kier molecular flexibility index (Phi) is 3.71. The van der Waals surface area contributed by atoms with Crippen molar-refractivity contribution in [2.45, 2.75) is 6.92 Å². The van der Waals surface area contributed by atoms with E-state index in [0.29, 0.717) is 27.1 Å². The maximum atomic E-state index is 9.03. The summed E-state index contributed by atoms with van der Waals surface area (Å²) < 4.78 is 0. The van der Waals surface area contributed by atoms with Gasteiger partial charge in [-0.15, -0.1) is 0 Å². The summed E-state index contributed by atoms with van der Waals surface area (Å²) in [7, 11) is 0. The van der Waals surface area contributed by atoms with Crippen molar-refractivity contribution in [1.29, 1.82) is 5.26 Å². The van der Waals surface area contributed by atoms with Gasteiger partial charge in [-0.1, -0.05) is 29.3 Å². The van der Waals surface area contributed by atoms with Gasteiger partial charge in [0.05, 0.1) is 21.3 Å².